The van der Waals surface area contributed by atoms with Gasteiger partial charge in [-0.25, -0.2) is 4.98 Å². The summed E-state index contributed by atoms with van der Waals surface area (Å²) < 4.78 is 2.09. The molecule has 0 atom stereocenters. The Morgan fingerprint density at radius 1 is 1.23 bits per heavy atom. The number of hydrogen-bond donors (Lipinski definition) is 0. The number of fused-ring (bicyclic) bond motifs is 1. The topological polar surface area (TPSA) is 32.9 Å². The number of nitrogens with zero attached hydrogens (tertiary/aromatic N) is 4. The number of imidazole rings is 1. The highest BCUT2D eigenvalue weighted by Gasteiger charge is 2.16. The molecule has 132 valence electrons. The second-order valence-corrected chi connectivity index (χ2v) is 6.70. The molecular formula is C22H24N4. The predicted octanol–water partition coefficient (Wildman–Crippen LogP) is 4.60. The first kappa shape index (κ1) is 17.8. The molecule has 1 aromatic carbocycles. The Bertz CT molecular complexity index is 975. The Hall–Kier alpha value is -2.98. The van der Waals surface area contributed by atoms with Crippen molar-refractivity contribution in [3.63, 3.8) is 0 Å². The molecule has 26 heavy (non-hydrogen) atoms. The number of allylic oxidation sites excluding steroid dienone is 2. The van der Waals surface area contributed by atoms with Crippen molar-refractivity contribution in [2.24, 2.45) is 4.99 Å². The summed E-state index contributed by atoms with van der Waals surface area (Å²) in [6.45, 7) is 10.7. The zero-order valence-corrected chi connectivity index (χ0v) is 15.6. The molecule has 2 heterocycles. The lowest BCUT2D eigenvalue weighted by atomic mass is 10.0. The number of aromatic nitrogens is 2. The van der Waals surface area contributed by atoms with E-state index in [2.05, 4.69) is 91.2 Å². The zero-order chi connectivity index (χ0) is 18.7. The molecule has 0 N–H and O–H groups in total. The van der Waals surface area contributed by atoms with Crippen molar-refractivity contribution in [1.29, 1.82) is 0 Å². The molecule has 0 radical (unpaired) electrons. The van der Waals surface area contributed by atoms with Crippen LogP contribution in [0.2, 0.25) is 0 Å². The van der Waals surface area contributed by atoms with E-state index < -0.39 is 0 Å². The third kappa shape index (κ3) is 3.65. The van der Waals surface area contributed by atoms with Crippen LogP contribution in [-0.2, 0) is 6.54 Å². The van der Waals surface area contributed by atoms with Crippen LogP contribution in [0.5, 0.6) is 0 Å². The average molecular weight is 344 g/mol. The van der Waals surface area contributed by atoms with Crippen LogP contribution in [-0.4, -0.2) is 35.1 Å². The van der Waals surface area contributed by atoms with Gasteiger partial charge in [0.05, 0.1) is 11.4 Å². The quantitative estimate of drug-likeness (QED) is 0.484. The summed E-state index contributed by atoms with van der Waals surface area (Å²) in [5.74, 6) is 0. The number of hydrogen-bond acceptors (Lipinski definition) is 3. The van der Waals surface area contributed by atoms with Crippen molar-refractivity contribution >= 4 is 17.9 Å². The van der Waals surface area contributed by atoms with Gasteiger partial charge in [0.1, 0.15) is 5.65 Å². The number of pyridine rings is 1. The Morgan fingerprint density at radius 2 is 1.96 bits per heavy atom. The number of benzene rings is 1. The lowest BCUT2D eigenvalue weighted by Gasteiger charge is -2.10. The van der Waals surface area contributed by atoms with E-state index in [1.165, 1.54) is 11.1 Å². The molecule has 0 saturated heterocycles. The van der Waals surface area contributed by atoms with Gasteiger partial charge in [-0.3, -0.25) is 9.39 Å². The summed E-state index contributed by atoms with van der Waals surface area (Å²) in [5.41, 5.74) is 7.18. The van der Waals surface area contributed by atoms with Gasteiger partial charge in [-0.05, 0) is 57.1 Å². The molecule has 0 fully saturated rings. The largest absolute Gasteiger partial charge is 0.305 e. The Morgan fingerprint density at radius 3 is 2.62 bits per heavy atom. The minimum atomic E-state index is 0.848. The molecule has 0 aliphatic heterocycles. The smallest absolute Gasteiger partial charge is 0.138 e. The zero-order valence-electron chi connectivity index (χ0n) is 15.6. The molecule has 0 aliphatic carbocycles. The highest BCUT2D eigenvalue weighted by molar-refractivity contribution is 5.83. The Balaban J connectivity index is 2.19. The monoisotopic (exact) mass is 344 g/mol. The van der Waals surface area contributed by atoms with Gasteiger partial charge in [-0.1, -0.05) is 36.4 Å². The van der Waals surface area contributed by atoms with Crippen LogP contribution >= 0.6 is 0 Å². The highest BCUT2D eigenvalue weighted by Crippen LogP contribution is 2.30. The lowest BCUT2D eigenvalue weighted by molar-refractivity contribution is 0.402. The van der Waals surface area contributed by atoms with Gasteiger partial charge in [0, 0.05) is 24.5 Å². The molecule has 0 spiro atoms. The van der Waals surface area contributed by atoms with E-state index in [-0.39, 0.29) is 0 Å². The molecule has 0 saturated carbocycles. The molecule has 0 unspecified atom stereocenters. The van der Waals surface area contributed by atoms with Gasteiger partial charge >= 0.3 is 0 Å². The van der Waals surface area contributed by atoms with Crippen molar-refractivity contribution in [3.05, 3.63) is 78.3 Å². The third-order valence-electron chi connectivity index (χ3n) is 4.20. The van der Waals surface area contributed by atoms with Crippen molar-refractivity contribution in [1.82, 2.24) is 14.3 Å². The summed E-state index contributed by atoms with van der Waals surface area (Å²) in [7, 11) is 4.13. The van der Waals surface area contributed by atoms with Crippen molar-refractivity contribution in [2.45, 2.75) is 13.5 Å². The van der Waals surface area contributed by atoms with Crippen molar-refractivity contribution in [3.8, 4) is 11.3 Å². The number of aryl methyl sites for hydroxylation is 1. The normalized spacial score (nSPS) is 11.5. The number of aliphatic imine (C=N–C) groups is 1. The molecule has 2 aromatic heterocycles. The van der Waals surface area contributed by atoms with Crippen LogP contribution in [0.15, 0.2) is 66.4 Å². The van der Waals surface area contributed by atoms with E-state index in [9.17, 15) is 0 Å². The second kappa shape index (κ2) is 7.50. The molecule has 0 amide bonds. The van der Waals surface area contributed by atoms with Gasteiger partial charge < -0.3 is 4.90 Å². The standard InChI is InChI=1S/C22H24N4/c1-16-6-8-19(9-7-16)21-22(17(2)10-12-23-3)26-13-11-18(15-25(4)5)14-20(26)24-21/h6-14H,2-3,15H2,1,4-5H3/b12-10-. The van der Waals surface area contributed by atoms with Crippen LogP contribution in [0, 0.1) is 6.92 Å². The molecule has 0 aliphatic rings. The highest BCUT2D eigenvalue weighted by atomic mass is 15.1. The van der Waals surface area contributed by atoms with Gasteiger partial charge in [0.25, 0.3) is 0 Å². The third-order valence-corrected chi connectivity index (χ3v) is 4.20. The molecule has 0 bridgehead atoms. The first-order valence-corrected chi connectivity index (χ1v) is 8.54. The maximum absolute atomic E-state index is 4.91. The van der Waals surface area contributed by atoms with E-state index in [1.807, 2.05) is 6.08 Å². The molecule has 3 rings (SSSR count). The molecule has 4 heteroatoms. The fraction of sp³-hybridized carbons (Fsp3) is 0.182. The van der Waals surface area contributed by atoms with Gasteiger partial charge in [0.2, 0.25) is 0 Å². The van der Waals surface area contributed by atoms with Gasteiger partial charge in [0.15, 0.2) is 0 Å². The Labute approximate surface area is 154 Å². The van der Waals surface area contributed by atoms with Crippen molar-refractivity contribution in [2.75, 3.05) is 14.1 Å². The fourth-order valence-electron chi connectivity index (χ4n) is 2.99. The summed E-state index contributed by atoms with van der Waals surface area (Å²) in [4.78, 5) is 10.9. The van der Waals surface area contributed by atoms with Gasteiger partial charge in [-0.15, -0.1) is 0 Å². The van der Waals surface area contributed by atoms with Crippen LogP contribution in [0.1, 0.15) is 16.8 Å². The van der Waals surface area contributed by atoms with E-state index in [0.717, 1.165) is 34.7 Å². The minimum Gasteiger partial charge on any atom is -0.305 e. The maximum atomic E-state index is 4.91. The van der Waals surface area contributed by atoms with E-state index in [0.29, 0.717) is 0 Å². The maximum Gasteiger partial charge on any atom is 0.138 e. The summed E-state index contributed by atoms with van der Waals surface area (Å²) in [5, 5.41) is 0. The first-order chi connectivity index (χ1) is 12.5. The fourth-order valence-corrected chi connectivity index (χ4v) is 2.99. The van der Waals surface area contributed by atoms with E-state index >= 15 is 0 Å². The first-order valence-electron chi connectivity index (χ1n) is 8.54. The van der Waals surface area contributed by atoms with Crippen molar-refractivity contribution < 1.29 is 0 Å². The summed E-state index contributed by atoms with van der Waals surface area (Å²) in [6.07, 6.45) is 5.58. The molecular weight excluding hydrogens is 320 g/mol. The SMILES string of the molecule is C=N/C=C\C(=C)c1c(-c2ccc(C)cc2)nc2cc(CN(C)C)ccn12. The molecule has 3 aromatic rings. The van der Waals surface area contributed by atoms with Crippen LogP contribution in [0.3, 0.4) is 0 Å². The van der Waals surface area contributed by atoms with Crippen LogP contribution in [0.25, 0.3) is 22.5 Å². The van der Waals surface area contributed by atoms with Gasteiger partial charge in [-0.2, -0.15) is 0 Å². The second-order valence-electron chi connectivity index (χ2n) is 6.70. The number of rotatable bonds is 6. The minimum absolute atomic E-state index is 0.848. The Kier molecular flexibility index (Phi) is 5.14. The van der Waals surface area contributed by atoms with Crippen LogP contribution < -0.4 is 0 Å². The average Bonchev–Trinajstić information content (AvgIpc) is 2.98. The predicted molar refractivity (Wildman–Crippen MR) is 110 cm³/mol. The van der Waals surface area contributed by atoms with E-state index in [4.69, 9.17) is 4.98 Å². The van der Waals surface area contributed by atoms with Crippen LogP contribution in [0.4, 0.5) is 0 Å². The summed E-state index contributed by atoms with van der Waals surface area (Å²) in [6, 6.07) is 12.7. The lowest BCUT2D eigenvalue weighted by Crippen LogP contribution is -2.10. The van der Waals surface area contributed by atoms with E-state index in [1.54, 1.807) is 6.20 Å². The molecule has 4 nitrogen and oxygen atoms in total. The summed E-state index contributed by atoms with van der Waals surface area (Å²) >= 11 is 0.